The minimum absolute atomic E-state index is 0.00278. The second-order valence-corrected chi connectivity index (χ2v) is 6.11. The molecule has 1 atom stereocenters. The molecule has 1 aliphatic heterocycles. The number of carbonyl (C=O) groups excluding carboxylic acids is 1. The summed E-state index contributed by atoms with van der Waals surface area (Å²) >= 11 is 0. The number of para-hydroxylation sites is 2. The largest absolute Gasteiger partial charge is 0.496 e. The highest BCUT2D eigenvalue weighted by molar-refractivity contribution is 5.80. The van der Waals surface area contributed by atoms with E-state index in [4.69, 9.17) is 4.74 Å². The Morgan fingerprint density at radius 3 is 2.77 bits per heavy atom. The molecule has 26 heavy (non-hydrogen) atoms. The van der Waals surface area contributed by atoms with Crippen molar-refractivity contribution in [2.45, 2.75) is 12.5 Å². The van der Waals surface area contributed by atoms with E-state index in [1.165, 1.54) is 6.07 Å². The zero-order valence-electron chi connectivity index (χ0n) is 14.6. The second kappa shape index (κ2) is 7.97. The van der Waals surface area contributed by atoms with Gasteiger partial charge in [-0.05, 0) is 6.07 Å². The topological polar surface area (TPSA) is 84.7 Å². The Morgan fingerprint density at radius 1 is 1.27 bits per heavy atom. The highest BCUT2D eigenvalue weighted by Gasteiger charge is 2.30. The number of nitrogens with zero attached hydrogens (tertiary/aromatic N) is 2. The molecular formula is C19H21N3O4. The first-order valence-electron chi connectivity index (χ1n) is 8.47. The molecular weight excluding hydrogens is 334 g/mol. The molecule has 2 aromatic carbocycles. The van der Waals surface area contributed by atoms with Gasteiger partial charge >= 0.3 is 0 Å². The van der Waals surface area contributed by atoms with Crippen LogP contribution in [-0.4, -0.2) is 42.5 Å². The maximum atomic E-state index is 13.0. The van der Waals surface area contributed by atoms with Crippen LogP contribution in [0.2, 0.25) is 0 Å². The van der Waals surface area contributed by atoms with E-state index in [1.807, 2.05) is 24.3 Å². The monoisotopic (exact) mass is 355 g/mol. The van der Waals surface area contributed by atoms with Gasteiger partial charge in [0, 0.05) is 36.8 Å². The predicted octanol–water partition coefficient (Wildman–Crippen LogP) is 2.32. The van der Waals surface area contributed by atoms with Crippen molar-refractivity contribution in [3.63, 3.8) is 0 Å². The summed E-state index contributed by atoms with van der Waals surface area (Å²) < 4.78 is 5.44. The van der Waals surface area contributed by atoms with E-state index in [-0.39, 0.29) is 24.1 Å². The summed E-state index contributed by atoms with van der Waals surface area (Å²) in [6, 6.07) is 13.8. The fourth-order valence-electron chi connectivity index (χ4n) is 3.33. The summed E-state index contributed by atoms with van der Waals surface area (Å²) in [5.74, 6) is 0.599. The Kier molecular flexibility index (Phi) is 5.48. The highest BCUT2D eigenvalue weighted by Crippen LogP contribution is 2.31. The minimum atomic E-state index is -0.446. The van der Waals surface area contributed by atoms with Gasteiger partial charge in [-0.1, -0.05) is 36.4 Å². The quantitative estimate of drug-likeness (QED) is 0.657. The van der Waals surface area contributed by atoms with E-state index < -0.39 is 4.92 Å². The number of amides is 1. The Morgan fingerprint density at radius 2 is 2.00 bits per heavy atom. The lowest BCUT2D eigenvalue weighted by molar-refractivity contribution is -0.385. The lowest BCUT2D eigenvalue weighted by atomic mass is 10.0. The van der Waals surface area contributed by atoms with Crippen molar-refractivity contribution in [1.29, 1.82) is 0 Å². The van der Waals surface area contributed by atoms with Crippen molar-refractivity contribution in [2.24, 2.45) is 0 Å². The van der Waals surface area contributed by atoms with Crippen LogP contribution in [0.3, 0.4) is 0 Å². The molecule has 2 aromatic rings. The van der Waals surface area contributed by atoms with Gasteiger partial charge in [-0.2, -0.15) is 0 Å². The molecule has 1 N–H and O–H groups in total. The van der Waals surface area contributed by atoms with Gasteiger partial charge in [0.15, 0.2) is 0 Å². The maximum Gasteiger partial charge on any atom is 0.273 e. The van der Waals surface area contributed by atoms with E-state index >= 15 is 0 Å². The lowest BCUT2D eigenvalue weighted by Crippen LogP contribution is -2.49. The molecule has 1 unspecified atom stereocenters. The molecule has 0 spiro atoms. The summed E-state index contributed by atoms with van der Waals surface area (Å²) in [4.78, 5) is 25.5. The van der Waals surface area contributed by atoms with Crippen LogP contribution in [0.1, 0.15) is 17.2 Å². The summed E-state index contributed by atoms with van der Waals surface area (Å²) in [5.41, 5.74) is 1.34. The molecule has 0 aliphatic carbocycles. The van der Waals surface area contributed by atoms with E-state index in [0.717, 1.165) is 11.3 Å². The van der Waals surface area contributed by atoms with Gasteiger partial charge in [-0.15, -0.1) is 0 Å². The summed E-state index contributed by atoms with van der Waals surface area (Å²) in [6.07, 6.45) is 0.00278. The number of carbonyl (C=O) groups is 1. The Labute approximate surface area is 151 Å². The van der Waals surface area contributed by atoms with Crippen LogP contribution in [0.15, 0.2) is 48.5 Å². The number of nitro groups is 1. The number of piperazine rings is 1. The first-order chi connectivity index (χ1) is 12.6. The Hall–Kier alpha value is -2.93. The number of hydrogen-bond acceptors (Lipinski definition) is 5. The van der Waals surface area contributed by atoms with Gasteiger partial charge in [-0.3, -0.25) is 14.9 Å². The SMILES string of the molecule is COc1ccccc1C1CNCCN1C(=O)Cc1ccccc1[N+](=O)[O-]. The summed E-state index contributed by atoms with van der Waals surface area (Å²) in [5, 5.41) is 14.5. The third-order valence-corrected chi connectivity index (χ3v) is 4.59. The number of nitro benzene ring substituents is 1. The number of methoxy groups -OCH3 is 1. The third kappa shape index (κ3) is 3.67. The molecule has 3 rings (SSSR count). The molecule has 0 bridgehead atoms. The van der Waals surface area contributed by atoms with Gasteiger partial charge in [0.05, 0.1) is 24.5 Å². The van der Waals surface area contributed by atoms with Crippen LogP contribution in [-0.2, 0) is 11.2 Å². The molecule has 0 radical (unpaired) electrons. The molecule has 1 saturated heterocycles. The van der Waals surface area contributed by atoms with Crippen molar-refractivity contribution >= 4 is 11.6 Å². The predicted molar refractivity (Wildman–Crippen MR) is 97.1 cm³/mol. The minimum Gasteiger partial charge on any atom is -0.496 e. The summed E-state index contributed by atoms with van der Waals surface area (Å²) in [6.45, 7) is 1.85. The van der Waals surface area contributed by atoms with Crippen molar-refractivity contribution in [3.8, 4) is 5.75 Å². The number of ether oxygens (including phenoxy) is 1. The number of rotatable bonds is 5. The number of benzene rings is 2. The van der Waals surface area contributed by atoms with Crippen molar-refractivity contribution < 1.29 is 14.5 Å². The fourth-order valence-corrected chi connectivity index (χ4v) is 3.33. The third-order valence-electron chi connectivity index (χ3n) is 4.59. The van der Waals surface area contributed by atoms with Crippen LogP contribution in [0, 0.1) is 10.1 Å². The van der Waals surface area contributed by atoms with E-state index in [1.54, 1.807) is 30.2 Å². The van der Waals surface area contributed by atoms with Crippen molar-refractivity contribution in [1.82, 2.24) is 10.2 Å². The smallest absolute Gasteiger partial charge is 0.273 e. The van der Waals surface area contributed by atoms with Crippen molar-refractivity contribution in [2.75, 3.05) is 26.7 Å². The molecule has 1 heterocycles. The average molecular weight is 355 g/mol. The normalized spacial score (nSPS) is 17.0. The molecule has 0 aromatic heterocycles. The highest BCUT2D eigenvalue weighted by atomic mass is 16.6. The zero-order chi connectivity index (χ0) is 18.5. The lowest BCUT2D eigenvalue weighted by Gasteiger charge is -2.37. The molecule has 136 valence electrons. The van der Waals surface area contributed by atoms with Gasteiger partial charge in [0.1, 0.15) is 5.75 Å². The number of nitrogens with one attached hydrogen (secondary N) is 1. The van der Waals surface area contributed by atoms with Gasteiger partial charge in [-0.25, -0.2) is 0 Å². The van der Waals surface area contributed by atoms with Crippen LogP contribution < -0.4 is 10.1 Å². The molecule has 7 heteroatoms. The summed E-state index contributed by atoms with van der Waals surface area (Å²) in [7, 11) is 1.61. The Bertz CT molecular complexity index is 809. The fraction of sp³-hybridized carbons (Fsp3) is 0.316. The van der Waals surface area contributed by atoms with Gasteiger partial charge < -0.3 is 15.0 Å². The second-order valence-electron chi connectivity index (χ2n) is 6.11. The van der Waals surface area contributed by atoms with E-state index in [9.17, 15) is 14.9 Å². The van der Waals surface area contributed by atoms with Crippen LogP contribution in [0.5, 0.6) is 5.75 Å². The van der Waals surface area contributed by atoms with Gasteiger partial charge in [0.25, 0.3) is 5.69 Å². The standard InChI is InChI=1S/C19H21N3O4/c1-26-18-9-5-3-7-15(18)17-13-20-10-11-21(17)19(23)12-14-6-2-4-8-16(14)22(24)25/h2-9,17,20H,10-13H2,1H3. The Balaban J connectivity index is 1.86. The molecule has 0 saturated carbocycles. The van der Waals surface area contributed by atoms with Crippen LogP contribution in [0.4, 0.5) is 5.69 Å². The molecule has 1 fully saturated rings. The molecule has 1 aliphatic rings. The van der Waals surface area contributed by atoms with Crippen LogP contribution >= 0.6 is 0 Å². The average Bonchev–Trinajstić information content (AvgIpc) is 2.68. The molecule has 1 amide bonds. The maximum absolute atomic E-state index is 13.0. The van der Waals surface area contributed by atoms with E-state index in [2.05, 4.69) is 5.32 Å². The van der Waals surface area contributed by atoms with Crippen molar-refractivity contribution in [3.05, 3.63) is 69.8 Å². The van der Waals surface area contributed by atoms with E-state index in [0.29, 0.717) is 25.2 Å². The first-order valence-corrected chi connectivity index (χ1v) is 8.47. The molecule has 7 nitrogen and oxygen atoms in total. The zero-order valence-corrected chi connectivity index (χ0v) is 14.6. The number of hydrogen-bond donors (Lipinski definition) is 1. The van der Waals surface area contributed by atoms with Gasteiger partial charge in [0.2, 0.25) is 5.91 Å². The van der Waals surface area contributed by atoms with Crippen LogP contribution in [0.25, 0.3) is 0 Å². The first kappa shape index (κ1) is 17.9.